The van der Waals surface area contributed by atoms with Crippen LogP contribution in [-0.2, 0) is 0 Å². The van der Waals surface area contributed by atoms with Crippen molar-refractivity contribution in [2.75, 3.05) is 13.6 Å². The fraction of sp³-hybridized carbons (Fsp3) is 0.308. The van der Waals surface area contributed by atoms with Gasteiger partial charge in [-0.05, 0) is 32.2 Å². The van der Waals surface area contributed by atoms with Crippen molar-refractivity contribution in [3.63, 3.8) is 0 Å². The third-order valence-electron chi connectivity index (χ3n) is 2.85. The fourth-order valence-electron chi connectivity index (χ4n) is 1.58. The van der Waals surface area contributed by atoms with Gasteiger partial charge in [0.2, 0.25) is 0 Å². The van der Waals surface area contributed by atoms with Crippen LogP contribution in [0.4, 0.5) is 0 Å². The smallest absolute Gasteiger partial charge is 0.251 e. The molecule has 0 aliphatic rings. The molecule has 0 radical (unpaired) electrons. The second kappa shape index (κ2) is 9.33. The summed E-state index contributed by atoms with van der Waals surface area (Å²) in [6, 6.07) is 7.51. The topological polar surface area (TPSA) is 71.8 Å². The van der Waals surface area contributed by atoms with Crippen LogP contribution in [-0.4, -0.2) is 40.3 Å². The molecule has 1 aromatic carbocycles. The minimum Gasteiger partial charge on any atom is -0.350 e. The lowest BCUT2D eigenvalue weighted by atomic mass is 10.2. The average Bonchev–Trinajstić information content (AvgIpc) is 2.98. The number of carbonyl (C=O) groups excluding carboxylic acids is 1. The van der Waals surface area contributed by atoms with Gasteiger partial charge in [0.25, 0.3) is 5.91 Å². The predicted octanol–water partition coefficient (Wildman–Crippen LogP) is 1.45. The molecule has 1 amide bonds. The zero-order valence-electron chi connectivity index (χ0n) is 11.8. The van der Waals surface area contributed by atoms with Gasteiger partial charge in [0.05, 0.1) is 5.69 Å². The van der Waals surface area contributed by atoms with E-state index in [4.69, 9.17) is 0 Å². The summed E-state index contributed by atoms with van der Waals surface area (Å²) in [5, 5.41) is 9.98. The molecule has 2 N–H and O–H groups in total. The molecule has 6 nitrogen and oxygen atoms in total. The van der Waals surface area contributed by atoms with E-state index < -0.39 is 0 Å². The van der Waals surface area contributed by atoms with Gasteiger partial charge in [0.1, 0.15) is 12.7 Å². The minimum absolute atomic E-state index is 0. The van der Waals surface area contributed by atoms with Gasteiger partial charge in [-0.15, -0.1) is 24.8 Å². The van der Waals surface area contributed by atoms with E-state index in [1.54, 1.807) is 23.1 Å². The van der Waals surface area contributed by atoms with Crippen molar-refractivity contribution in [1.82, 2.24) is 25.4 Å². The van der Waals surface area contributed by atoms with Crippen molar-refractivity contribution in [2.45, 2.75) is 13.0 Å². The first kappa shape index (κ1) is 19.4. The summed E-state index contributed by atoms with van der Waals surface area (Å²) in [5.74, 6) is -0.0935. The molecule has 0 bridgehead atoms. The van der Waals surface area contributed by atoms with E-state index in [1.165, 1.54) is 6.33 Å². The van der Waals surface area contributed by atoms with Gasteiger partial charge in [-0.25, -0.2) is 9.67 Å². The molecule has 0 saturated carbocycles. The van der Waals surface area contributed by atoms with Gasteiger partial charge in [0.15, 0.2) is 0 Å². The molecule has 0 aliphatic heterocycles. The highest BCUT2D eigenvalue weighted by atomic mass is 35.5. The number of aromatic nitrogens is 3. The lowest BCUT2D eigenvalue weighted by Crippen LogP contribution is -2.37. The van der Waals surface area contributed by atoms with E-state index in [0.717, 1.165) is 5.69 Å². The summed E-state index contributed by atoms with van der Waals surface area (Å²) in [4.78, 5) is 15.9. The van der Waals surface area contributed by atoms with Gasteiger partial charge in [-0.1, -0.05) is 6.07 Å². The Morgan fingerprint density at radius 1 is 1.38 bits per heavy atom. The van der Waals surface area contributed by atoms with E-state index >= 15 is 0 Å². The van der Waals surface area contributed by atoms with Crippen LogP contribution < -0.4 is 10.6 Å². The number of nitrogens with zero attached hydrogens (tertiary/aromatic N) is 3. The van der Waals surface area contributed by atoms with Crippen LogP contribution >= 0.6 is 24.8 Å². The number of likely N-dealkylation sites (N-methyl/N-ethyl adjacent to an activating group) is 1. The fourth-order valence-corrected chi connectivity index (χ4v) is 1.58. The highest BCUT2D eigenvalue weighted by Crippen LogP contribution is 2.08. The normalized spacial score (nSPS) is 11.0. The molecular formula is C13H19Cl2N5O. The highest BCUT2D eigenvalue weighted by Gasteiger charge is 2.08. The first-order valence-electron chi connectivity index (χ1n) is 6.11. The second-order valence-electron chi connectivity index (χ2n) is 4.29. The SMILES string of the molecule is CNC(C)CNC(=O)c1cccc(-n2cncn2)c1.Cl.Cl. The van der Waals surface area contributed by atoms with E-state index in [1.807, 2.05) is 26.1 Å². The molecular weight excluding hydrogens is 313 g/mol. The number of rotatable bonds is 5. The Bertz CT molecular complexity index is 547. The Kier molecular flexibility index (Phi) is 8.61. The lowest BCUT2D eigenvalue weighted by molar-refractivity contribution is 0.0950. The quantitative estimate of drug-likeness (QED) is 0.869. The molecule has 0 spiro atoms. The van der Waals surface area contributed by atoms with Crippen molar-refractivity contribution >= 4 is 30.7 Å². The van der Waals surface area contributed by atoms with Gasteiger partial charge < -0.3 is 10.6 Å². The monoisotopic (exact) mass is 331 g/mol. The van der Waals surface area contributed by atoms with E-state index in [2.05, 4.69) is 20.7 Å². The number of hydrogen-bond donors (Lipinski definition) is 2. The summed E-state index contributed by atoms with van der Waals surface area (Å²) >= 11 is 0. The molecule has 1 aromatic heterocycles. The molecule has 0 saturated heterocycles. The second-order valence-corrected chi connectivity index (χ2v) is 4.29. The third kappa shape index (κ3) is 5.34. The number of nitrogens with one attached hydrogen (secondary N) is 2. The molecule has 2 aromatic rings. The summed E-state index contributed by atoms with van der Waals surface area (Å²) in [6.45, 7) is 2.59. The number of carbonyl (C=O) groups is 1. The van der Waals surface area contributed by atoms with E-state index in [0.29, 0.717) is 12.1 Å². The summed E-state index contributed by atoms with van der Waals surface area (Å²) < 4.78 is 1.62. The molecule has 116 valence electrons. The molecule has 1 heterocycles. The highest BCUT2D eigenvalue weighted by molar-refractivity contribution is 5.94. The summed E-state index contributed by atoms with van der Waals surface area (Å²) in [5.41, 5.74) is 1.42. The first-order valence-corrected chi connectivity index (χ1v) is 6.11. The van der Waals surface area contributed by atoms with Crippen molar-refractivity contribution in [2.24, 2.45) is 0 Å². The zero-order chi connectivity index (χ0) is 13.7. The first-order chi connectivity index (χ1) is 9.20. The molecule has 2 rings (SSSR count). The Morgan fingerprint density at radius 2 is 2.14 bits per heavy atom. The van der Waals surface area contributed by atoms with Crippen LogP contribution in [0.3, 0.4) is 0 Å². The Hall–Kier alpha value is -1.63. The van der Waals surface area contributed by atoms with Crippen molar-refractivity contribution in [3.8, 4) is 5.69 Å². The average molecular weight is 332 g/mol. The number of halogens is 2. The van der Waals surface area contributed by atoms with Crippen LogP contribution in [0.5, 0.6) is 0 Å². The maximum Gasteiger partial charge on any atom is 0.251 e. The van der Waals surface area contributed by atoms with Crippen LogP contribution in [0.25, 0.3) is 5.69 Å². The van der Waals surface area contributed by atoms with E-state index in [9.17, 15) is 4.79 Å². The Labute approximate surface area is 136 Å². The Balaban J connectivity index is 0.00000200. The maximum absolute atomic E-state index is 12.0. The van der Waals surface area contributed by atoms with Gasteiger partial charge in [-0.3, -0.25) is 4.79 Å². The Morgan fingerprint density at radius 3 is 2.76 bits per heavy atom. The molecule has 0 fully saturated rings. The van der Waals surface area contributed by atoms with Crippen LogP contribution in [0.2, 0.25) is 0 Å². The lowest BCUT2D eigenvalue weighted by Gasteiger charge is -2.11. The van der Waals surface area contributed by atoms with Crippen molar-refractivity contribution in [3.05, 3.63) is 42.5 Å². The van der Waals surface area contributed by atoms with Gasteiger partial charge in [0, 0.05) is 18.2 Å². The zero-order valence-corrected chi connectivity index (χ0v) is 13.4. The number of hydrogen-bond acceptors (Lipinski definition) is 4. The number of amides is 1. The number of benzene rings is 1. The van der Waals surface area contributed by atoms with Crippen LogP contribution in [0, 0.1) is 0 Å². The third-order valence-corrected chi connectivity index (χ3v) is 2.85. The van der Waals surface area contributed by atoms with E-state index in [-0.39, 0.29) is 36.8 Å². The molecule has 21 heavy (non-hydrogen) atoms. The van der Waals surface area contributed by atoms with Crippen molar-refractivity contribution in [1.29, 1.82) is 0 Å². The molecule has 1 atom stereocenters. The summed E-state index contributed by atoms with van der Waals surface area (Å²) in [7, 11) is 1.86. The van der Waals surface area contributed by atoms with Crippen molar-refractivity contribution < 1.29 is 4.79 Å². The standard InChI is InChI=1S/C13H17N5O.2ClH/c1-10(14-2)7-16-13(19)11-4-3-5-12(6-11)18-9-15-8-17-18;;/h3-6,8-10,14H,7H2,1-2H3,(H,16,19);2*1H. The van der Waals surface area contributed by atoms with Gasteiger partial charge >= 0.3 is 0 Å². The van der Waals surface area contributed by atoms with Gasteiger partial charge in [-0.2, -0.15) is 5.10 Å². The molecule has 0 aliphatic carbocycles. The predicted molar refractivity (Wildman–Crippen MR) is 86.7 cm³/mol. The molecule has 1 unspecified atom stereocenters. The summed E-state index contributed by atoms with van der Waals surface area (Å²) in [6.07, 6.45) is 3.06. The van der Waals surface area contributed by atoms with Crippen LogP contribution in [0.15, 0.2) is 36.9 Å². The van der Waals surface area contributed by atoms with Crippen LogP contribution in [0.1, 0.15) is 17.3 Å². The minimum atomic E-state index is -0.0935. The largest absolute Gasteiger partial charge is 0.350 e. The maximum atomic E-state index is 12.0. The molecule has 8 heteroatoms.